The van der Waals surface area contributed by atoms with Crippen LogP contribution in [0.2, 0.25) is 5.02 Å². The molecule has 0 aliphatic carbocycles. The highest BCUT2D eigenvalue weighted by Crippen LogP contribution is 2.19. The van der Waals surface area contributed by atoms with Crippen molar-refractivity contribution < 1.29 is 4.39 Å². The molecule has 0 heterocycles. The Morgan fingerprint density at radius 1 is 1.50 bits per heavy atom. The molecule has 0 amide bonds. The minimum Gasteiger partial charge on any atom is -0.330 e. The first-order chi connectivity index (χ1) is 6.63. The van der Waals surface area contributed by atoms with Crippen LogP contribution in [-0.2, 0) is 6.42 Å². The molecule has 0 aliphatic heterocycles. The zero-order valence-electron chi connectivity index (χ0n) is 8.26. The maximum absolute atomic E-state index is 13.3. The van der Waals surface area contributed by atoms with E-state index in [-0.39, 0.29) is 5.82 Å². The fourth-order valence-corrected chi connectivity index (χ4v) is 1.66. The minimum absolute atomic E-state index is 0.182. The Morgan fingerprint density at radius 3 is 2.86 bits per heavy atom. The molecule has 1 unspecified atom stereocenters. The molecule has 1 aromatic carbocycles. The van der Waals surface area contributed by atoms with Crippen molar-refractivity contribution in [3.63, 3.8) is 0 Å². The minimum atomic E-state index is -0.182. The topological polar surface area (TPSA) is 26.0 Å². The number of halogens is 2. The molecule has 0 fully saturated rings. The molecule has 0 radical (unpaired) electrons. The lowest BCUT2D eigenvalue weighted by atomic mass is 9.98. The van der Waals surface area contributed by atoms with Crippen molar-refractivity contribution in [1.82, 2.24) is 0 Å². The van der Waals surface area contributed by atoms with E-state index in [2.05, 4.69) is 6.92 Å². The van der Waals surface area contributed by atoms with Crippen LogP contribution in [0.4, 0.5) is 4.39 Å². The van der Waals surface area contributed by atoms with Crippen LogP contribution in [0, 0.1) is 11.7 Å². The summed E-state index contributed by atoms with van der Waals surface area (Å²) in [5, 5.41) is 0.585. The molecule has 14 heavy (non-hydrogen) atoms. The smallest absolute Gasteiger partial charge is 0.126 e. The van der Waals surface area contributed by atoms with Crippen molar-refractivity contribution in [3.05, 3.63) is 34.6 Å². The zero-order chi connectivity index (χ0) is 10.6. The van der Waals surface area contributed by atoms with Gasteiger partial charge in [-0.3, -0.25) is 0 Å². The molecule has 0 aromatic heterocycles. The first kappa shape index (κ1) is 11.5. The molecule has 0 spiro atoms. The van der Waals surface area contributed by atoms with E-state index in [0.29, 0.717) is 29.5 Å². The summed E-state index contributed by atoms with van der Waals surface area (Å²) < 4.78 is 13.3. The molecule has 1 atom stereocenters. The summed E-state index contributed by atoms with van der Waals surface area (Å²) in [6.07, 6.45) is 1.61. The summed E-state index contributed by atoms with van der Waals surface area (Å²) in [5.41, 5.74) is 6.11. The molecule has 1 rings (SSSR count). The van der Waals surface area contributed by atoms with Crippen LogP contribution in [0.15, 0.2) is 18.2 Å². The quantitative estimate of drug-likeness (QED) is 0.821. The maximum atomic E-state index is 13.3. The molecule has 2 N–H and O–H groups in total. The van der Waals surface area contributed by atoms with Crippen molar-refractivity contribution in [3.8, 4) is 0 Å². The molecule has 1 aromatic rings. The fraction of sp³-hybridized carbons (Fsp3) is 0.455. The Kier molecular flexibility index (Phi) is 4.36. The number of benzene rings is 1. The van der Waals surface area contributed by atoms with Gasteiger partial charge in [0.05, 0.1) is 0 Å². The highest BCUT2D eigenvalue weighted by atomic mass is 35.5. The Morgan fingerprint density at radius 2 is 2.21 bits per heavy atom. The van der Waals surface area contributed by atoms with Gasteiger partial charge in [0.25, 0.3) is 0 Å². The van der Waals surface area contributed by atoms with E-state index in [0.717, 1.165) is 6.42 Å². The predicted octanol–water partition coefficient (Wildman–Crippen LogP) is 3.01. The van der Waals surface area contributed by atoms with E-state index < -0.39 is 0 Å². The standard InChI is InChI=1S/C11H15ClFN/c1-8(4-5-14)6-9-7-10(12)2-3-11(9)13/h2-3,7-8H,4-6,14H2,1H3. The third-order valence-corrected chi connectivity index (χ3v) is 2.47. The summed E-state index contributed by atoms with van der Waals surface area (Å²) in [7, 11) is 0. The van der Waals surface area contributed by atoms with E-state index in [1.165, 1.54) is 6.07 Å². The van der Waals surface area contributed by atoms with Crippen LogP contribution >= 0.6 is 11.6 Å². The average Bonchev–Trinajstić information content (AvgIpc) is 2.12. The SMILES string of the molecule is CC(CCN)Cc1cc(Cl)ccc1F. The van der Waals surface area contributed by atoms with Crippen molar-refractivity contribution >= 4 is 11.6 Å². The van der Waals surface area contributed by atoms with E-state index in [1.807, 2.05) is 0 Å². The second kappa shape index (κ2) is 5.32. The van der Waals surface area contributed by atoms with Crippen LogP contribution < -0.4 is 5.73 Å². The highest BCUT2D eigenvalue weighted by molar-refractivity contribution is 6.30. The zero-order valence-corrected chi connectivity index (χ0v) is 9.02. The summed E-state index contributed by atoms with van der Waals surface area (Å²) in [5.74, 6) is 0.214. The van der Waals surface area contributed by atoms with Gasteiger partial charge in [-0.1, -0.05) is 18.5 Å². The van der Waals surface area contributed by atoms with Gasteiger partial charge in [-0.15, -0.1) is 0 Å². The van der Waals surface area contributed by atoms with E-state index in [4.69, 9.17) is 17.3 Å². The van der Waals surface area contributed by atoms with Crippen LogP contribution in [0.5, 0.6) is 0 Å². The molecule has 78 valence electrons. The average molecular weight is 216 g/mol. The fourth-order valence-electron chi connectivity index (χ4n) is 1.46. The Labute approximate surface area is 89.1 Å². The first-order valence-corrected chi connectivity index (χ1v) is 5.15. The lowest BCUT2D eigenvalue weighted by Crippen LogP contribution is -2.08. The predicted molar refractivity (Wildman–Crippen MR) is 57.9 cm³/mol. The van der Waals surface area contributed by atoms with E-state index in [9.17, 15) is 4.39 Å². The summed E-state index contributed by atoms with van der Waals surface area (Å²) in [6, 6.07) is 4.66. The number of rotatable bonds is 4. The Hall–Kier alpha value is -0.600. The molecule has 0 aliphatic rings. The van der Waals surface area contributed by atoms with Gasteiger partial charge >= 0.3 is 0 Å². The molecule has 1 nitrogen and oxygen atoms in total. The van der Waals surface area contributed by atoms with Gasteiger partial charge in [-0.2, -0.15) is 0 Å². The normalized spacial score (nSPS) is 12.9. The molecule has 0 saturated carbocycles. The third-order valence-electron chi connectivity index (χ3n) is 2.24. The summed E-state index contributed by atoms with van der Waals surface area (Å²) in [4.78, 5) is 0. The van der Waals surface area contributed by atoms with Crippen molar-refractivity contribution in [1.29, 1.82) is 0 Å². The molecule has 3 heteroatoms. The van der Waals surface area contributed by atoms with E-state index >= 15 is 0 Å². The Bertz CT molecular complexity index is 301. The van der Waals surface area contributed by atoms with Crippen molar-refractivity contribution in [2.75, 3.05) is 6.54 Å². The number of nitrogens with two attached hydrogens (primary N) is 1. The third kappa shape index (κ3) is 3.28. The number of hydrogen-bond acceptors (Lipinski definition) is 1. The first-order valence-electron chi connectivity index (χ1n) is 4.77. The van der Waals surface area contributed by atoms with Crippen molar-refractivity contribution in [2.24, 2.45) is 11.7 Å². The lowest BCUT2D eigenvalue weighted by molar-refractivity contribution is 0.516. The van der Waals surface area contributed by atoms with Crippen LogP contribution in [0.1, 0.15) is 18.9 Å². The van der Waals surface area contributed by atoms with Crippen LogP contribution in [0.3, 0.4) is 0 Å². The maximum Gasteiger partial charge on any atom is 0.126 e. The molecule has 0 saturated heterocycles. The van der Waals surface area contributed by atoms with Gasteiger partial charge in [-0.25, -0.2) is 4.39 Å². The molecular formula is C11H15ClFN. The second-order valence-corrected chi connectivity index (χ2v) is 4.06. The Balaban J connectivity index is 2.70. The monoisotopic (exact) mass is 215 g/mol. The number of hydrogen-bond donors (Lipinski definition) is 1. The highest BCUT2D eigenvalue weighted by Gasteiger charge is 2.07. The molecule has 0 bridgehead atoms. The van der Waals surface area contributed by atoms with Gasteiger partial charge in [0, 0.05) is 5.02 Å². The molecular weight excluding hydrogens is 201 g/mol. The van der Waals surface area contributed by atoms with Gasteiger partial charge in [0.1, 0.15) is 5.82 Å². The van der Waals surface area contributed by atoms with Crippen LogP contribution in [0.25, 0.3) is 0 Å². The summed E-state index contributed by atoms with van der Waals surface area (Å²) >= 11 is 5.79. The second-order valence-electron chi connectivity index (χ2n) is 3.62. The largest absolute Gasteiger partial charge is 0.330 e. The van der Waals surface area contributed by atoms with Gasteiger partial charge in [-0.05, 0) is 49.1 Å². The van der Waals surface area contributed by atoms with Gasteiger partial charge in [0.15, 0.2) is 0 Å². The van der Waals surface area contributed by atoms with E-state index in [1.54, 1.807) is 12.1 Å². The van der Waals surface area contributed by atoms with Gasteiger partial charge < -0.3 is 5.73 Å². The lowest BCUT2D eigenvalue weighted by Gasteiger charge is -2.10. The van der Waals surface area contributed by atoms with Gasteiger partial charge in [0.2, 0.25) is 0 Å². The van der Waals surface area contributed by atoms with Crippen LogP contribution in [-0.4, -0.2) is 6.54 Å². The summed E-state index contributed by atoms with van der Waals surface area (Å²) in [6.45, 7) is 2.70. The van der Waals surface area contributed by atoms with Crippen molar-refractivity contribution in [2.45, 2.75) is 19.8 Å².